The van der Waals surface area contributed by atoms with Crippen molar-refractivity contribution in [1.82, 2.24) is 15.1 Å². The maximum Gasteiger partial charge on any atom is 0.253 e. The molecule has 0 fully saturated rings. The van der Waals surface area contributed by atoms with E-state index in [2.05, 4.69) is 10.4 Å². The minimum atomic E-state index is -0.249. The number of halogens is 1. The number of nitrogens with zero attached hydrogens (tertiary/aromatic N) is 2. The summed E-state index contributed by atoms with van der Waals surface area (Å²) in [4.78, 5) is 12.0. The third-order valence-electron chi connectivity index (χ3n) is 3.01. The van der Waals surface area contributed by atoms with Crippen molar-refractivity contribution in [2.45, 2.75) is 13.5 Å². The summed E-state index contributed by atoms with van der Waals surface area (Å²) in [6, 6.07) is 4.83. The molecular formula is C13H15ClN4O. The number of amides is 1. The highest BCUT2D eigenvalue weighted by Crippen LogP contribution is 2.18. The van der Waals surface area contributed by atoms with Gasteiger partial charge in [0.1, 0.15) is 0 Å². The van der Waals surface area contributed by atoms with E-state index in [0.717, 1.165) is 11.3 Å². The van der Waals surface area contributed by atoms with Crippen LogP contribution in [0.25, 0.3) is 0 Å². The molecule has 0 saturated heterocycles. The first-order valence-corrected chi connectivity index (χ1v) is 6.17. The van der Waals surface area contributed by atoms with Crippen LogP contribution in [0, 0.1) is 6.92 Å². The topological polar surface area (TPSA) is 72.9 Å². The van der Waals surface area contributed by atoms with Crippen LogP contribution >= 0.6 is 11.6 Å². The number of nitrogens with one attached hydrogen (secondary N) is 1. The molecule has 1 aromatic heterocycles. The third kappa shape index (κ3) is 2.88. The molecule has 0 spiro atoms. The lowest BCUT2D eigenvalue weighted by atomic mass is 10.2. The molecule has 1 amide bonds. The molecule has 0 radical (unpaired) electrons. The van der Waals surface area contributed by atoms with Gasteiger partial charge < -0.3 is 11.1 Å². The number of carbonyl (C=O) groups is 1. The lowest BCUT2D eigenvalue weighted by molar-refractivity contribution is 0.0951. The number of hydrogen-bond acceptors (Lipinski definition) is 3. The summed E-state index contributed by atoms with van der Waals surface area (Å²) in [5.74, 6) is -0.249. The van der Waals surface area contributed by atoms with Crippen molar-refractivity contribution in [3.63, 3.8) is 0 Å². The van der Waals surface area contributed by atoms with Crippen LogP contribution in [0.3, 0.4) is 0 Å². The van der Waals surface area contributed by atoms with Crippen molar-refractivity contribution >= 4 is 23.2 Å². The molecule has 0 bridgehead atoms. The zero-order valence-electron chi connectivity index (χ0n) is 10.8. The van der Waals surface area contributed by atoms with Gasteiger partial charge in [0.05, 0.1) is 16.8 Å². The number of nitrogen functional groups attached to an aromatic ring is 1. The Hall–Kier alpha value is -2.01. The predicted octanol–water partition coefficient (Wildman–Crippen LogP) is 1.89. The first-order chi connectivity index (χ1) is 8.99. The minimum Gasteiger partial charge on any atom is -0.399 e. The van der Waals surface area contributed by atoms with Gasteiger partial charge in [-0.15, -0.1) is 0 Å². The zero-order chi connectivity index (χ0) is 14.0. The Kier molecular flexibility index (Phi) is 3.76. The Balaban J connectivity index is 2.09. The molecule has 19 heavy (non-hydrogen) atoms. The normalized spacial score (nSPS) is 10.5. The smallest absolute Gasteiger partial charge is 0.253 e. The summed E-state index contributed by atoms with van der Waals surface area (Å²) in [6.07, 6.45) is 1.73. The Morgan fingerprint density at radius 1 is 1.53 bits per heavy atom. The molecule has 0 unspecified atom stereocenters. The molecule has 2 rings (SSSR count). The molecule has 1 aromatic carbocycles. The van der Waals surface area contributed by atoms with E-state index in [0.29, 0.717) is 22.8 Å². The number of benzene rings is 1. The highest BCUT2D eigenvalue weighted by molar-refractivity contribution is 6.34. The van der Waals surface area contributed by atoms with Crippen LogP contribution in [-0.2, 0) is 13.6 Å². The van der Waals surface area contributed by atoms with E-state index >= 15 is 0 Å². The van der Waals surface area contributed by atoms with E-state index in [1.807, 2.05) is 14.0 Å². The number of anilines is 1. The van der Waals surface area contributed by atoms with Crippen molar-refractivity contribution in [3.8, 4) is 0 Å². The quantitative estimate of drug-likeness (QED) is 0.842. The standard InChI is InChI=1S/C13H15ClN4O/c1-8-9(7-17-18(8)2)6-16-13(19)11-5-10(15)3-4-12(11)14/h3-5,7H,6,15H2,1-2H3,(H,16,19). The van der Waals surface area contributed by atoms with Crippen molar-refractivity contribution in [2.75, 3.05) is 5.73 Å². The Morgan fingerprint density at radius 3 is 2.89 bits per heavy atom. The average molecular weight is 279 g/mol. The van der Waals surface area contributed by atoms with Gasteiger partial charge in [-0.05, 0) is 25.1 Å². The van der Waals surface area contributed by atoms with Crippen LogP contribution in [0.4, 0.5) is 5.69 Å². The summed E-state index contributed by atoms with van der Waals surface area (Å²) in [5, 5.41) is 7.31. The second kappa shape index (κ2) is 5.32. The molecule has 6 heteroatoms. The van der Waals surface area contributed by atoms with E-state index < -0.39 is 0 Å². The second-order valence-electron chi connectivity index (χ2n) is 4.30. The largest absolute Gasteiger partial charge is 0.399 e. The van der Waals surface area contributed by atoms with Gasteiger partial charge in [0.15, 0.2) is 0 Å². The highest BCUT2D eigenvalue weighted by atomic mass is 35.5. The van der Waals surface area contributed by atoms with Gasteiger partial charge in [-0.3, -0.25) is 9.48 Å². The van der Waals surface area contributed by atoms with Gasteiger partial charge in [-0.1, -0.05) is 11.6 Å². The monoisotopic (exact) mass is 278 g/mol. The molecule has 0 saturated carbocycles. The van der Waals surface area contributed by atoms with Gasteiger partial charge in [-0.25, -0.2) is 0 Å². The van der Waals surface area contributed by atoms with Crippen molar-refractivity contribution in [2.24, 2.45) is 7.05 Å². The van der Waals surface area contributed by atoms with Crippen LogP contribution in [0.1, 0.15) is 21.6 Å². The molecule has 0 aliphatic carbocycles. The lowest BCUT2D eigenvalue weighted by Gasteiger charge is -2.07. The van der Waals surface area contributed by atoms with E-state index in [9.17, 15) is 4.79 Å². The maximum atomic E-state index is 12.0. The first kappa shape index (κ1) is 13.4. The highest BCUT2D eigenvalue weighted by Gasteiger charge is 2.11. The Bertz CT molecular complexity index is 621. The fraction of sp³-hybridized carbons (Fsp3) is 0.231. The van der Waals surface area contributed by atoms with E-state index in [4.69, 9.17) is 17.3 Å². The fourth-order valence-corrected chi connectivity index (χ4v) is 1.91. The lowest BCUT2D eigenvalue weighted by Crippen LogP contribution is -2.23. The summed E-state index contributed by atoms with van der Waals surface area (Å²) >= 11 is 5.98. The van der Waals surface area contributed by atoms with Crippen LogP contribution in [0.2, 0.25) is 5.02 Å². The Labute approximate surface area is 116 Å². The van der Waals surface area contributed by atoms with E-state index in [1.54, 1.807) is 29.1 Å². The molecular weight excluding hydrogens is 264 g/mol. The predicted molar refractivity (Wildman–Crippen MR) is 75.0 cm³/mol. The number of rotatable bonds is 3. The summed E-state index contributed by atoms with van der Waals surface area (Å²) in [5.41, 5.74) is 8.51. The number of aromatic nitrogens is 2. The average Bonchev–Trinajstić information content (AvgIpc) is 2.70. The maximum absolute atomic E-state index is 12.0. The van der Waals surface area contributed by atoms with Crippen molar-refractivity contribution < 1.29 is 4.79 Å². The first-order valence-electron chi connectivity index (χ1n) is 5.79. The summed E-state index contributed by atoms with van der Waals surface area (Å²) < 4.78 is 1.76. The molecule has 2 aromatic rings. The number of aryl methyl sites for hydroxylation is 1. The van der Waals surface area contributed by atoms with Crippen molar-refractivity contribution in [3.05, 3.63) is 46.2 Å². The van der Waals surface area contributed by atoms with Gasteiger partial charge in [-0.2, -0.15) is 5.10 Å². The van der Waals surface area contributed by atoms with Gasteiger partial charge in [0.25, 0.3) is 5.91 Å². The van der Waals surface area contributed by atoms with Crippen LogP contribution < -0.4 is 11.1 Å². The van der Waals surface area contributed by atoms with E-state index in [1.165, 1.54) is 0 Å². The van der Waals surface area contributed by atoms with Gasteiger partial charge >= 0.3 is 0 Å². The second-order valence-corrected chi connectivity index (χ2v) is 4.71. The number of nitrogens with two attached hydrogens (primary N) is 1. The Morgan fingerprint density at radius 2 is 2.26 bits per heavy atom. The molecule has 3 N–H and O–H groups in total. The van der Waals surface area contributed by atoms with Gasteiger partial charge in [0, 0.05) is 30.5 Å². The SMILES string of the molecule is Cc1c(CNC(=O)c2cc(N)ccc2Cl)cnn1C. The zero-order valence-corrected chi connectivity index (χ0v) is 11.5. The molecule has 0 atom stereocenters. The van der Waals surface area contributed by atoms with Crippen LogP contribution in [0.15, 0.2) is 24.4 Å². The van der Waals surface area contributed by atoms with Gasteiger partial charge in [0.2, 0.25) is 0 Å². The fourth-order valence-electron chi connectivity index (χ4n) is 1.71. The molecule has 0 aliphatic heterocycles. The molecule has 0 aliphatic rings. The minimum absolute atomic E-state index is 0.249. The van der Waals surface area contributed by atoms with Crippen LogP contribution in [0.5, 0.6) is 0 Å². The van der Waals surface area contributed by atoms with Crippen molar-refractivity contribution in [1.29, 1.82) is 0 Å². The third-order valence-corrected chi connectivity index (χ3v) is 3.34. The number of hydrogen-bond donors (Lipinski definition) is 2. The molecule has 100 valence electrons. The summed E-state index contributed by atoms with van der Waals surface area (Å²) in [7, 11) is 1.86. The molecule has 5 nitrogen and oxygen atoms in total. The van der Waals surface area contributed by atoms with E-state index in [-0.39, 0.29) is 5.91 Å². The molecule has 1 heterocycles. The summed E-state index contributed by atoms with van der Waals surface area (Å²) in [6.45, 7) is 2.35. The number of carbonyl (C=O) groups excluding carboxylic acids is 1. The van der Waals surface area contributed by atoms with Crippen LogP contribution in [-0.4, -0.2) is 15.7 Å².